The number of morpholine rings is 1. The highest BCUT2D eigenvalue weighted by atomic mass is 16.6. The zero-order valence-electron chi connectivity index (χ0n) is 14.1. The lowest BCUT2D eigenvalue weighted by molar-refractivity contribution is -0.151. The van der Waals surface area contributed by atoms with E-state index in [1.807, 2.05) is 0 Å². The molecule has 1 atom stereocenters. The highest BCUT2D eigenvalue weighted by Gasteiger charge is 2.47. The molecule has 4 heterocycles. The van der Waals surface area contributed by atoms with Crippen molar-refractivity contribution in [3.05, 3.63) is 12.1 Å². The van der Waals surface area contributed by atoms with Gasteiger partial charge in [0.05, 0.1) is 18.8 Å². The molecule has 0 aromatic carbocycles. The maximum atomic E-state index is 6.36. The van der Waals surface area contributed by atoms with Crippen molar-refractivity contribution in [2.75, 3.05) is 49.2 Å². The summed E-state index contributed by atoms with van der Waals surface area (Å²) in [4.78, 5) is 4.62. The van der Waals surface area contributed by atoms with Crippen LogP contribution >= 0.6 is 0 Å². The largest absolute Gasteiger partial charge is 0.378 e. The third kappa shape index (κ3) is 3.02. The Morgan fingerprint density at radius 2 is 1.70 bits per heavy atom. The summed E-state index contributed by atoms with van der Waals surface area (Å²) in [5.74, 6) is 1.94. The average Bonchev–Trinajstić information content (AvgIpc) is 3.18. The van der Waals surface area contributed by atoms with Crippen molar-refractivity contribution in [1.29, 1.82) is 0 Å². The summed E-state index contributed by atoms with van der Waals surface area (Å²) >= 11 is 0. The molecule has 3 aliphatic rings. The van der Waals surface area contributed by atoms with Crippen LogP contribution in [0.15, 0.2) is 12.1 Å². The van der Waals surface area contributed by atoms with Gasteiger partial charge in [0.25, 0.3) is 0 Å². The Kier molecular flexibility index (Phi) is 3.69. The Hall–Kier alpha value is -1.40. The standard InChI is InChI=1S/C17H26N4O2/c1-16(2)11-21(12-17(23-16)7-10-22-13-17)15-6-5-14(18-19-15)20-8-3-4-9-20/h5-6H,3-4,7-13H2,1-2H3. The maximum Gasteiger partial charge on any atom is 0.151 e. The van der Waals surface area contributed by atoms with Crippen molar-refractivity contribution < 1.29 is 9.47 Å². The predicted molar refractivity (Wildman–Crippen MR) is 89.0 cm³/mol. The Morgan fingerprint density at radius 3 is 2.30 bits per heavy atom. The summed E-state index contributed by atoms with van der Waals surface area (Å²) in [6.45, 7) is 9.59. The number of hydrogen-bond acceptors (Lipinski definition) is 6. The van der Waals surface area contributed by atoms with Crippen LogP contribution in [0, 0.1) is 0 Å². The highest BCUT2D eigenvalue weighted by molar-refractivity contribution is 5.46. The van der Waals surface area contributed by atoms with Gasteiger partial charge in [-0.15, -0.1) is 10.2 Å². The third-order valence-electron chi connectivity index (χ3n) is 5.00. The zero-order chi connectivity index (χ0) is 15.9. The lowest BCUT2D eigenvalue weighted by Crippen LogP contribution is -2.60. The monoisotopic (exact) mass is 318 g/mol. The van der Waals surface area contributed by atoms with E-state index in [0.29, 0.717) is 6.61 Å². The Morgan fingerprint density at radius 1 is 1.00 bits per heavy atom. The molecule has 3 saturated heterocycles. The molecule has 0 radical (unpaired) electrons. The van der Waals surface area contributed by atoms with Gasteiger partial charge < -0.3 is 19.3 Å². The quantitative estimate of drug-likeness (QED) is 0.829. The molecule has 3 aliphatic heterocycles. The smallest absolute Gasteiger partial charge is 0.151 e. The van der Waals surface area contributed by atoms with Crippen LogP contribution in [0.1, 0.15) is 33.1 Å². The fourth-order valence-electron chi connectivity index (χ4n) is 4.07. The van der Waals surface area contributed by atoms with E-state index in [9.17, 15) is 0 Å². The van der Waals surface area contributed by atoms with Crippen LogP contribution in [0.4, 0.5) is 11.6 Å². The number of nitrogens with zero attached hydrogens (tertiary/aromatic N) is 4. The summed E-state index contributed by atoms with van der Waals surface area (Å²) in [5.41, 5.74) is -0.404. The zero-order valence-corrected chi connectivity index (χ0v) is 14.1. The van der Waals surface area contributed by atoms with Crippen LogP contribution in [-0.2, 0) is 9.47 Å². The van der Waals surface area contributed by atoms with Crippen LogP contribution in [0.25, 0.3) is 0 Å². The Balaban J connectivity index is 1.54. The first kappa shape index (κ1) is 15.1. The van der Waals surface area contributed by atoms with Crippen molar-refractivity contribution in [2.45, 2.75) is 44.3 Å². The lowest BCUT2D eigenvalue weighted by atomic mass is 9.95. The number of ether oxygens (including phenoxy) is 2. The molecule has 6 heteroatoms. The molecular weight excluding hydrogens is 292 g/mol. The SMILES string of the molecule is CC1(C)CN(c2ccc(N3CCCC3)nn2)CC2(CCOC2)O1. The fourth-order valence-corrected chi connectivity index (χ4v) is 4.07. The van der Waals surface area contributed by atoms with Crippen molar-refractivity contribution in [1.82, 2.24) is 10.2 Å². The lowest BCUT2D eigenvalue weighted by Gasteiger charge is -2.48. The second kappa shape index (κ2) is 5.60. The van der Waals surface area contributed by atoms with E-state index in [1.54, 1.807) is 0 Å². The topological polar surface area (TPSA) is 50.7 Å². The second-order valence-electron chi connectivity index (χ2n) is 7.65. The van der Waals surface area contributed by atoms with Crippen molar-refractivity contribution in [3.63, 3.8) is 0 Å². The minimum Gasteiger partial charge on any atom is -0.378 e. The minimum atomic E-state index is -0.207. The summed E-state index contributed by atoms with van der Waals surface area (Å²) < 4.78 is 12.0. The van der Waals surface area contributed by atoms with Gasteiger partial charge >= 0.3 is 0 Å². The van der Waals surface area contributed by atoms with E-state index >= 15 is 0 Å². The van der Waals surface area contributed by atoms with E-state index in [-0.39, 0.29) is 11.2 Å². The van der Waals surface area contributed by atoms with Crippen LogP contribution in [0.5, 0.6) is 0 Å². The van der Waals surface area contributed by atoms with Crippen molar-refractivity contribution >= 4 is 11.6 Å². The first-order valence-electron chi connectivity index (χ1n) is 8.67. The molecule has 6 nitrogen and oxygen atoms in total. The fraction of sp³-hybridized carbons (Fsp3) is 0.765. The van der Waals surface area contributed by atoms with E-state index in [0.717, 1.165) is 50.8 Å². The molecule has 126 valence electrons. The van der Waals surface area contributed by atoms with Gasteiger partial charge in [-0.05, 0) is 38.8 Å². The summed E-state index contributed by atoms with van der Waals surface area (Å²) in [7, 11) is 0. The summed E-state index contributed by atoms with van der Waals surface area (Å²) in [6.07, 6.45) is 3.46. The first-order chi connectivity index (χ1) is 11.1. The van der Waals surface area contributed by atoms with E-state index < -0.39 is 0 Å². The van der Waals surface area contributed by atoms with E-state index in [4.69, 9.17) is 9.47 Å². The second-order valence-corrected chi connectivity index (χ2v) is 7.65. The number of hydrogen-bond donors (Lipinski definition) is 0. The average molecular weight is 318 g/mol. The van der Waals surface area contributed by atoms with Gasteiger partial charge in [0, 0.05) is 32.7 Å². The molecule has 0 saturated carbocycles. The predicted octanol–water partition coefficient (Wildman–Crippen LogP) is 1.85. The van der Waals surface area contributed by atoms with Crippen molar-refractivity contribution in [3.8, 4) is 0 Å². The Labute approximate surface area is 137 Å². The summed E-state index contributed by atoms with van der Waals surface area (Å²) in [5, 5.41) is 8.97. The molecule has 1 aromatic rings. The number of aromatic nitrogens is 2. The van der Waals surface area contributed by atoms with E-state index in [2.05, 4.69) is 46.0 Å². The number of rotatable bonds is 2. The van der Waals surface area contributed by atoms with E-state index in [1.165, 1.54) is 12.8 Å². The Bertz CT molecular complexity index is 548. The molecule has 1 aromatic heterocycles. The highest BCUT2D eigenvalue weighted by Crippen LogP contribution is 2.36. The number of anilines is 2. The molecule has 0 amide bonds. The molecule has 3 fully saturated rings. The van der Waals surface area contributed by atoms with Gasteiger partial charge in [-0.1, -0.05) is 0 Å². The van der Waals surface area contributed by atoms with Crippen molar-refractivity contribution in [2.24, 2.45) is 0 Å². The third-order valence-corrected chi connectivity index (χ3v) is 5.00. The first-order valence-corrected chi connectivity index (χ1v) is 8.67. The molecule has 1 spiro atoms. The molecule has 23 heavy (non-hydrogen) atoms. The van der Waals surface area contributed by atoms with Gasteiger partial charge in [-0.3, -0.25) is 0 Å². The molecule has 0 bridgehead atoms. The molecule has 1 unspecified atom stereocenters. The van der Waals surface area contributed by atoms with Crippen LogP contribution in [0.3, 0.4) is 0 Å². The van der Waals surface area contributed by atoms with Gasteiger partial charge in [0.15, 0.2) is 11.6 Å². The van der Waals surface area contributed by atoms with Crippen LogP contribution < -0.4 is 9.80 Å². The van der Waals surface area contributed by atoms with Gasteiger partial charge in [0.1, 0.15) is 5.60 Å². The van der Waals surface area contributed by atoms with Gasteiger partial charge in [0.2, 0.25) is 0 Å². The molecular formula is C17H26N4O2. The normalized spacial score (nSPS) is 30.3. The maximum absolute atomic E-state index is 6.36. The molecule has 4 rings (SSSR count). The van der Waals surface area contributed by atoms with Gasteiger partial charge in [-0.25, -0.2) is 0 Å². The van der Waals surface area contributed by atoms with Crippen LogP contribution in [0.2, 0.25) is 0 Å². The molecule has 0 aliphatic carbocycles. The van der Waals surface area contributed by atoms with Crippen LogP contribution in [-0.4, -0.2) is 60.8 Å². The minimum absolute atomic E-state index is 0.197. The van der Waals surface area contributed by atoms with Gasteiger partial charge in [-0.2, -0.15) is 0 Å². The summed E-state index contributed by atoms with van der Waals surface area (Å²) in [6, 6.07) is 4.21. The molecule has 0 N–H and O–H groups in total.